The van der Waals surface area contributed by atoms with E-state index in [4.69, 9.17) is 4.74 Å². The molecule has 1 fully saturated rings. The molecule has 2 heterocycles. The number of nitrogens with one attached hydrogen (secondary N) is 1. The molecule has 1 N–H and O–H groups in total. The molecule has 3 rings (SSSR count). The number of rotatable bonds is 7. The van der Waals surface area contributed by atoms with Crippen molar-refractivity contribution in [3.05, 3.63) is 40.3 Å². The van der Waals surface area contributed by atoms with Crippen LogP contribution >= 0.6 is 23.7 Å². The van der Waals surface area contributed by atoms with Crippen molar-refractivity contribution >= 4 is 35.3 Å². The number of aryl methyl sites for hydroxylation is 1. The van der Waals surface area contributed by atoms with Gasteiger partial charge in [-0.1, -0.05) is 19.1 Å². The number of amides is 1. The average Bonchev–Trinajstić information content (AvgIpc) is 3.18. The van der Waals surface area contributed by atoms with Crippen LogP contribution in [0.2, 0.25) is 0 Å². The lowest BCUT2D eigenvalue weighted by Gasteiger charge is -2.36. The molecule has 27 heavy (non-hydrogen) atoms. The number of hydrogen-bond acceptors (Lipinski definition) is 6. The van der Waals surface area contributed by atoms with Crippen LogP contribution in [0.15, 0.2) is 30.5 Å². The SMILES string of the molecule is CCc1ncc(C(=O)NCCN2CCN(c3ccccc3OC)CC2)s1.Cl. The fraction of sp³-hybridized carbons (Fsp3) is 0.474. The van der Waals surface area contributed by atoms with Gasteiger partial charge in [0.15, 0.2) is 0 Å². The molecule has 148 valence electrons. The van der Waals surface area contributed by atoms with E-state index in [-0.39, 0.29) is 18.3 Å². The summed E-state index contributed by atoms with van der Waals surface area (Å²) in [7, 11) is 1.71. The van der Waals surface area contributed by atoms with Crippen LogP contribution in [0.5, 0.6) is 5.75 Å². The number of thiazole rings is 1. The van der Waals surface area contributed by atoms with Gasteiger partial charge in [0.2, 0.25) is 0 Å². The zero-order chi connectivity index (χ0) is 18.4. The summed E-state index contributed by atoms with van der Waals surface area (Å²) in [6.07, 6.45) is 2.54. The second kappa shape index (κ2) is 10.5. The Kier molecular flexibility index (Phi) is 8.34. The summed E-state index contributed by atoms with van der Waals surface area (Å²) in [6.45, 7) is 7.46. The van der Waals surface area contributed by atoms with Gasteiger partial charge < -0.3 is 15.0 Å². The monoisotopic (exact) mass is 410 g/mol. The van der Waals surface area contributed by atoms with E-state index >= 15 is 0 Å². The molecule has 0 atom stereocenters. The molecular weight excluding hydrogens is 384 g/mol. The van der Waals surface area contributed by atoms with E-state index in [0.29, 0.717) is 11.4 Å². The van der Waals surface area contributed by atoms with Gasteiger partial charge in [-0.2, -0.15) is 0 Å². The van der Waals surface area contributed by atoms with Crippen LogP contribution in [-0.2, 0) is 6.42 Å². The highest BCUT2D eigenvalue weighted by molar-refractivity contribution is 7.13. The van der Waals surface area contributed by atoms with Gasteiger partial charge in [0.25, 0.3) is 5.91 Å². The second-order valence-electron chi connectivity index (χ2n) is 6.23. The molecule has 1 aromatic carbocycles. The van der Waals surface area contributed by atoms with Crippen molar-refractivity contribution in [2.45, 2.75) is 13.3 Å². The zero-order valence-electron chi connectivity index (χ0n) is 15.8. The Morgan fingerprint density at radius 2 is 2.00 bits per heavy atom. The number of methoxy groups -OCH3 is 1. The lowest BCUT2D eigenvalue weighted by Crippen LogP contribution is -2.48. The molecule has 6 nitrogen and oxygen atoms in total. The molecule has 1 aliphatic rings. The summed E-state index contributed by atoms with van der Waals surface area (Å²) < 4.78 is 5.46. The van der Waals surface area contributed by atoms with Crippen LogP contribution < -0.4 is 15.0 Å². The van der Waals surface area contributed by atoms with Gasteiger partial charge in [-0.05, 0) is 18.6 Å². The molecule has 1 aromatic heterocycles. The molecule has 0 aliphatic carbocycles. The molecular formula is C19H27ClN4O2S. The first kappa shape index (κ1) is 21.5. The Morgan fingerprint density at radius 1 is 1.26 bits per heavy atom. The van der Waals surface area contributed by atoms with Crippen molar-refractivity contribution in [1.29, 1.82) is 0 Å². The van der Waals surface area contributed by atoms with Crippen molar-refractivity contribution in [1.82, 2.24) is 15.2 Å². The van der Waals surface area contributed by atoms with E-state index in [1.54, 1.807) is 13.3 Å². The quantitative estimate of drug-likeness (QED) is 0.760. The molecule has 0 spiro atoms. The maximum Gasteiger partial charge on any atom is 0.263 e. The minimum absolute atomic E-state index is 0. The third-order valence-electron chi connectivity index (χ3n) is 4.59. The van der Waals surface area contributed by atoms with Crippen molar-refractivity contribution in [3.8, 4) is 5.75 Å². The second-order valence-corrected chi connectivity index (χ2v) is 7.34. The minimum Gasteiger partial charge on any atom is -0.495 e. The number of piperazine rings is 1. The lowest BCUT2D eigenvalue weighted by molar-refractivity contribution is 0.0951. The van der Waals surface area contributed by atoms with Gasteiger partial charge in [-0.25, -0.2) is 4.98 Å². The summed E-state index contributed by atoms with van der Waals surface area (Å²) in [5.41, 5.74) is 1.15. The van der Waals surface area contributed by atoms with Gasteiger partial charge >= 0.3 is 0 Å². The summed E-state index contributed by atoms with van der Waals surface area (Å²) in [5.74, 6) is 0.902. The molecule has 1 saturated heterocycles. The standard InChI is InChI=1S/C19H26N4O2S.ClH/c1-3-18-21-14-17(26-18)19(24)20-8-9-22-10-12-23(13-11-22)15-6-4-5-7-16(15)25-2;/h4-7,14H,3,8-13H2,1-2H3,(H,20,24);1H. The number of carbonyl (C=O) groups is 1. The summed E-state index contributed by atoms with van der Waals surface area (Å²) >= 11 is 1.47. The van der Waals surface area contributed by atoms with Crippen molar-refractivity contribution in [2.75, 3.05) is 51.3 Å². The van der Waals surface area contributed by atoms with E-state index in [2.05, 4.69) is 26.2 Å². The van der Waals surface area contributed by atoms with Gasteiger partial charge in [0.05, 0.1) is 24.0 Å². The third-order valence-corrected chi connectivity index (χ3v) is 5.73. The molecule has 0 saturated carbocycles. The van der Waals surface area contributed by atoms with E-state index in [1.807, 2.05) is 25.1 Å². The Morgan fingerprint density at radius 3 is 2.67 bits per heavy atom. The third kappa shape index (κ3) is 5.57. The Labute approximate surface area is 170 Å². The predicted octanol–water partition coefficient (Wildman–Crippen LogP) is 2.69. The highest BCUT2D eigenvalue weighted by atomic mass is 35.5. The molecule has 8 heteroatoms. The van der Waals surface area contributed by atoms with Gasteiger partial charge in [-0.15, -0.1) is 23.7 Å². The van der Waals surface area contributed by atoms with E-state index in [0.717, 1.165) is 55.6 Å². The Balaban J connectivity index is 0.00000261. The Bertz CT molecular complexity index is 732. The first-order chi connectivity index (χ1) is 12.7. The van der Waals surface area contributed by atoms with Crippen LogP contribution in [0.1, 0.15) is 21.6 Å². The van der Waals surface area contributed by atoms with Crippen LogP contribution in [0, 0.1) is 0 Å². The van der Waals surface area contributed by atoms with Crippen molar-refractivity contribution < 1.29 is 9.53 Å². The molecule has 1 amide bonds. The first-order valence-corrected chi connectivity index (χ1v) is 9.86. The van der Waals surface area contributed by atoms with Gasteiger partial charge in [-0.3, -0.25) is 9.69 Å². The normalized spacial score (nSPS) is 14.5. The fourth-order valence-corrected chi connectivity index (χ4v) is 3.87. The largest absolute Gasteiger partial charge is 0.495 e. The predicted molar refractivity (Wildman–Crippen MR) is 113 cm³/mol. The zero-order valence-corrected chi connectivity index (χ0v) is 17.4. The average molecular weight is 411 g/mol. The molecule has 0 unspecified atom stereocenters. The van der Waals surface area contributed by atoms with Gasteiger partial charge in [0.1, 0.15) is 10.6 Å². The highest BCUT2D eigenvalue weighted by Crippen LogP contribution is 2.28. The molecule has 0 radical (unpaired) electrons. The topological polar surface area (TPSA) is 57.7 Å². The van der Waals surface area contributed by atoms with Crippen LogP contribution in [-0.4, -0.2) is 62.2 Å². The first-order valence-electron chi connectivity index (χ1n) is 9.04. The smallest absolute Gasteiger partial charge is 0.263 e. The minimum atomic E-state index is -0.0187. The van der Waals surface area contributed by atoms with Crippen molar-refractivity contribution in [3.63, 3.8) is 0 Å². The summed E-state index contributed by atoms with van der Waals surface area (Å²) in [4.78, 5) is 21.8. The van der Waals surface area contributed by atoms with Crippen LogP contribution in [0.4, 0.5) is 5.69 Å². The Hall–Kier alpha value is -1.83. The maximum absolute atomic E-state index is 12.1. The summed E-state index contributed by atoms with van der Waals surface area (Å²) in [6, 6.07) is 8.14. The summed E-state index contributed by atoms with van der Waals surface area (Å²) in [5, 5.41) is 4.00. The lowest BCUT2D eigenvalue weighted by atomic mass is 10.2. The number of carbonyl (C=O) groups excluding carboxylic acids is 1. The van der Waals surface area contributed by atoms with E-state index in [1.165, 1.54) is 11.3 Å². The number of halogens is 1. The van der Waals surface area contributed by atoms with E-state index < -0.39 is 0 Å². The molecule has 2 aromatic rings. The number of aromatic nitrogens is 1. The van der Waals surface area contributed by atoms with Crippen LogP contribution in [0.25, 0.3) is 0 Å². The number of para-hydroxylation sites is 2. The van der Waals surface area contributed by atoms with Gasteiger partial charge in [0, 0.05) is 39.3 Å². The number of hydrogen-bond donors (Lipinski definition) is 1. The van der Waals surface area contributed by atoms with E-state index in [9.17, 15) is 4.79 Å². The van der Waals surface area contributed by atoms with Crippen LogP contribution in [0.3, 0.4) is 0 Å². The highest BCUT2D eigenvalue weighted by Gasteiger charge is 2.19. The number of anilines is 1. The number of ether oxygens (including phenoxy) is 1. The molecule has 1 aliphatic heterocycles. The number of benzene rings is 1. The van der Waals surface area contributed by atoms with Crippen molar-refractivity contribution in [2.24, 2.45) is 0 Å². The number of nitrogens with zero attached hydrogens (tertiary/aromatic N) is 3. The molecule has 0 bridgehead atoms. The fourth-order valence-electron chi connectivity index (χ4n) is 3.10. The maximum atomic E-state index is 12.1.